The highest BCUT2D eigenvalue weighted by Gasteiger charge is 2.27. The van der Waals surface area contributed by atoms with E-state index >= 15 is 0 Å². The Balaban J connectivity index is 2.27. The van der Waals surface area contributed by atoms with Crippen molar-refractivity contribution >= 4 is 5.70 Å². The summed E-state index contributed by atoms with van der Waals surface area (Å²) in [5, 5.41) is 0. The van der Waals surface area contributed by atoms with Gasteiger partial charge in [-0.1, -0.05) is 0 Å². The van der Waals surface area contributed by atoms with Crippen LogP contribution >= 0.6 is 0 Å². The molecule has 3 rings (SSSR count). The third-order valence-electron chi connectivity index (χ3n) is 2.90. The van der Waals surface area contributed by atoms with Crippen molar-refractivity contribution in [2.24, 2.45) is 0 Å². The first-order valence-corrected chi connectivity index (χ1v) is 5.96. The largest absolute Gasteiger partial charge is 0.483 e. The molecular weight excluding hydrogens is 242 g/mol. The minimum Gasteiger partial charge on any atom is -0.483 e. The molecular formula is C14H13N3O2. The van der Waals surface area contributed by atoms with Crippen LogP contribution in [0.15, 0.2) is 47.9 Å². The molecule has 96 valence electrons. The maximum atomic E-state index is 12.0. The molecule has 1 aliphatic rings. The number of aromatic nitrogens is 3. The lowest BCUT2D eigenvalue weighted by Gasteiger charge is -2.30. The number of rotatable bonds is 1. The van der Waals surface area contributed by atoms with E-state index in [2.05, 4.69) is 9.97 Å². The molecule has 0 spiro atoms. The van der Waals surface area contributed by atoms with E-state index in [0.717, 1.165) is 11.3 Å². The van der Waals surface area contributed by atoms with Gasteiger partial charge in [0, 0.05) is 24.7 Å². The summed E-state index contributed by atoms with van der Waals surface area (Å²) in [5.41, 5.74) is 0.919. The molecule has 19 heavy (non-hydrogen) atoms. The first-order chi connectivity index (χ1) is 9.07. The Kier molecular flexibility index (Phi) is 2.48. The number of pyridine rings is 1. The predicted molar refractivity (Wildman–Crippen MR) is 70.8 cm³/mol. The van der Waals surface area contributed by atoms with Crippen LogP contribution in [-0.4, -0.2) is 20.1 Å². The van der Waals surface area contributed by atoms with Gasteiger partial charge in [-0.3, -0.25) is 14.3 Å². The normalized spacial score (nSPS) is 16.2. The van der Waals surface area contributed by atoms with Gasteiger partial charge in [-0.25, -0.2) is 4.98 Å². The zero-order valence-corrected chi connectivity index (χ0v) is 10.7. The average molecular weight is 255 g/mol. The number of hydrogen-bond donors (Lipinski definition) is 0. The monoisotopic (exact) mass is 255 g/mol. The first-order valence-electron chi connectivity index (χ1n) is 5.96. The fourth-order valence-electron chi connectivity index (χ4n) is 2.11. The van der Waals surface area contributed by atoms with E-state index in [4.69, 9.17) is 4.74 Å². The molecule has 2 aromatic rings. The molecule has 0 fully saturated rings. The van der Waals surface area contributed by atoms with Crippen LogP contribution in [0, 0.1) is 0 Å². The molecule has 0 amide bonds. The molecule has 5 heteroatoms. The van der Waals surface area contributed by atoms with Gasteiger partial charge < -0.3 is 4.74 Å². The zero-order valence-electron chi connectivity index (χ0n) is 10.7. The predicted octanol–water partition coefficient (Wildman–Crippen LogP) is 1.70. The van der Waals surface area contributed by atoms with Gasteiger partial charge in [0.25, 0.3) is 5.56 Å². The Morgan fingerprint density at radius 1 is 1.21 bits per heavy atom. The second kappa shape index (κ2) is 4.05. The number of hydrogen-bond acceptors (Lipinski definition) is 4. The quantitative estimate of drug-likeness (QED) is 0.778. The molecule has 0 unspecified atom stereocenters. The van der Waals surface area contributed by atoms with E-state index in [-0.39, 0.29) is 5.56 Å². The lowest BCUT2D eigenvalue weighted by atomic mass is 10.0. The van der Waals surface area contributed by atoms with Gasteiger partial charge in [-0.2, -0.15) is 0 Å². The molecule has 3 heterocycles. The lowest BCUT2D eigenvalue weighted by molar-refractivity contribution is 0.157. The second-order valence-corrected chi connectivity index (χ2v) is 4.90. The molecule has 0 atom stereocenters. The molecule has 0 saturated carbocycles. The van der Waals surface area contributed by atoms with E-state index in [9.17, 15) is 4.79 Å². The van der Waals surface area contributed by atoms with Crippen LogP contribution in [0.1, 0.15) is 19.4 Å². The third-order valence-corrected chi connectivity index (χ3v) is 2.90. The summed E-state index contributed by atoms with van der Waals surface area (Å²) < 4.78 is 7.36. The summed E-state index contributed by atoms with van der Waals surface area (Å²) >= 11 is 0. The van der Waals surface area contributed by atoms with Gasteiger partial charge in [0.2, 0.25) is 0 Å². The van der Waals surface area contributed by atoms with Crippen LogP contribution in [0.4, 0.5) is 0 Å². The molecule has 0 saturated heterocycles. The highest BCUT2D eigenvalue weighted by Crippen LogP contribution is 2.35. The van der Waals surface area contributed by atoms with Crippen molar-refractivity contribution in [1.29, 1.82) is 0 Å². The van der Waals surface area contributed by atoms with E-state index < -0.39 is 5.60 Å². The Morgan fingerprint density at radius 3 is 2.79 bits per heavy atom. The summed E-state index contributed by atoms with van der Waals surface area (Å²) in [5.74, 6) is 0.716. The average Bonchev–Trinajstić information content (AvgIpc) is 2.37. The highest BCUT2D eigenvalue weighted by atomic mass is 16.5. The van der Waals surface area contributed by atoms with Crippen molar-refractivity contribution in [3.63, 3.8) is 0 Å². The van der Waals surface area contributed by atoms with E-state index in [1.54, 1.807) is 18.5 Å². The summed E-state index contributed by atoms with van der Waals surface area (Å²) in [6, 6.07) is 3.23. The first kappa shape index (κ1) is 11.6. The van der Waals surface area contributed by atoms with Crippen molar-refractivity contribution in [3.05, 3.63) is 59.0 Å². The minimum atomic E-state index is -0.487. The molecule has 5 nitrogen and oxygen atoms in total. The van der Waals surface area contributed by atoms with Crippen molar-refractivity contribution in [2.45, 2.75) is 19.4 Å². The molecule has 0 aliphatic carbocycles. The number of fused-ring (bicyclic) bond motifs is 1. The molecule has 0 bridgehead atoms. The maximum absolute atomic E-state index is 12.0. The zero-order chi connectivity index (χ0) is 13.5. The minimum absolute atomic E-state index is 0.131. The van der Waals surface area contributed by atoms with Crippen LogP contribution in [0.5, 0.6) is 5.75 Å². The third kappa shape index (κ3) is 2.03. The topological polar surface area (TPSA) is 57.0 Å². The van der Waals surface area contributed by atoms with Gasteiger partial charge >= 0.3 is 0 Å². The van der Waals surface area contributed by atoms with E-state index in [1.807, 2.05) is 19.9 Å². The number of nitrogens with zero attached hydrogens (tertiary/aromatic N) is 3. The van der Waals surface area contributed by atoms with Crippen molar-refractivity contribution < 1.29 is 4.74 Å². The number of ether oxygens (including phenoxy) is 1. The summed E-state index contributed by atoms with van der Waals surface area (Å²) in [6.45, 7) is 3.88. The lowest BCUT2D eigenvalue weighted by Crippen LogP contribution is -2.32. The molecule has 2 aromatic heterocycles. The van der Waals surface area contributed by atoms with E-state index in [1.165, 1.54) is 23.2 Å². The van der Waals surface area contributed by atoms with Crippen LogP contribution in [-0.2, 0) is 0 Å². The summed E-state index contributed by atoms with van der Waals surface area (Å²) in [4.78, 5) is 20.1. The van der Waals surface area contributed by atoms with Crippen LogP contribution < -0.4 is 10.3 Å². The smallest absolute Gasteiger partial charge is 0.257 e. The SMILES string of the molecule is CC1(C)C=C(n2cnccc2=O)c2cnccc2O1. The van der Waals surface area contributed by atoms with Crippen molar-refractivity contribution in [2.75, 3.05) is 0 Å². The maximum Gasteiger partial charge on any atom is 0.257 e. The Hall–Kier alpha value is -2.43. The molecule has 0 aromatic carbocycles. The standard InChI is InChI=1S/C14H13N3O2/c1-14(2)7-11(17-9-16-6-4-13(17)18)10-8-15-5-3-12(10)19-14/h3-9H,1-2H3. The van der Waals surface area contributed by atoms with Crippen molar-refractivity contribution in [1.82, 2.24) is 14.5 Å². The van der Waals surface area contributed by atoms with Gasteiger partial charge in [0.15, 0.2) is 0 Å². The highest BCUT2D eigenvalue weighted by molar-refractivity contribution is 5.72. The van der Waals surface area contributed by atoms with Crippen LogP contribution in [0.2, 0.25) is 0 Å². The Morgan fingerprint density at radius 2 is 2.00 bits per heavy atom. The fraction of sp³-hybridized carbons (Fsp3) is 0.214. The van der Waals surface area contributed by atoms with Crippen LogP contribution in [0.25, 0.3) is 5.70 Å². The van der Waals surface area contributed by atoms with Gasteiger partial charge in [0.1, 0.15) is 17.7 Å². The van der Waals surface area contributed by atoms with Gasteiger partial charge in [-0.15, -0.1) is 0 Å². The van der Waals surface area contributed by atoms with E-state index in [0.29, 0.717) is 5.75 Å². The molecule has 0 N–H and O–H groups in total. The Labute approximate surface area is 110 Å². The summed E-state index contributed by atoms with van der Waals surface area (Å²) in [7, 11) is 0. The second-order valence-electron chi connectivity index (χ2n) is 4.90. The molecule has 0 radical (unpaired) electrons. The van der Waals surface area contributed by atoms with Crippen molar-refractivity contribution in [3.8, 4) is 5.75 Å². The van der Waals surface area contributed by atoms with Crippen LogP contribution in [0.3, 0.4) is 0 Å². The summed E-state index contributed by atoms with van der Waals surface area (Å²) in [6.07, 6.45) is 8.25. The molecule has 1 aliphatic heterocycles. The Bertz CT molecular complexity index is 716. The van der Waals surface area contributed by atoms with Gasteiger partial charge in [0.05, 0.1) is 11.3 Å². The van der Waals surface area contributed by atoms with Gasteiger partial charge in [-0.05, 0) is 26.0 Å². The fourth-order valence-corrected chi connectivity index (χ4v) is 2.11.